The Labute approximate surface area is 203 Å². The molecule has 3 heterocycles. The Morgan fingerprint density at radius 2 is 1.91 bits per heavy atom. The van der Waals surface area contributed by atoms with Gasteiger partial charge in [0.05, 0.1) is 12.2 Å². The molecule has 2 aliphatic rings. The molecule has 9 heteroatoms. The van der Waals surface area contributed by atoms with Crippen LogP contribution in [0, 0.1) is 0 Å². The number of nitrogens with one attached hydrogen (secondary N) is 1. The van der Waals surface area contributed by atoms with E-state index in [0.29, 0.717) is 55.1 Å². The van der Waals surface area contributed by atoms with Gasteiger partial charge in [-0.25, -0.2) is 4.79 Å². The van der Waals surface area contributed by atoms with E-state index < -0.39 is 0 Å². The van der Waals surface area contributed by atoms with Gasteiger partial charge in [0.15, 0.2) is 5.11 Å². The van der Waals surface area contributed by atoms with Crippen molar-refractivity contribution in [2.24, 2.45) is 0 Å². The quantitative estimate of drug-likeness (QED) is 0.494. The molecule has 1 unspecified atom stereocenters. The van der Waals surface area contributed by atoms with E-state index in [4.69, 9.17) is 21.7 Å². The van der Waals surface area contributed by atoms with Crippen LogP contribution in [0.2, 0.25) is 0 Å². The molecular weight excluding hydrogens is 458 g/mol. The number of carbonyl (C=O) groups is 2. The van der Waals surface area contributed by atoms with Gasteiger partial charge in [-0.3, -0.25) is 4.79 Å². The lowest BCUT2D eigenvalue weighted by molar-refractivity contribution is -0.142. The maximum atomic E-state index is 12.6. The number of ether oxygens (including phenoxy) is 2. The Balaban J connectivity index is 1.40. The van der Waals surface area contributed by atoms with Crippen molar-refractivity contribution in [3.63, 3.8) is 0 Å². The maximum absolute atomic E-state index is 12.6. The maximum Gasteiger partial charge on any atom is 0.341 e. The summed E-state index contributed by atoms with van der Waals surface area (Å²) in [5.74, 6) is -0.273. The lowest BCUT2D eigenvalue weighted by Gasteiger charge is -2.37. The van der Waals surface area contributed by atoms with E-state index in [2.05, 4.69) is 17.4 Å². The highest BCUT2D eigenvalue weighted by molar-refractivity contribution is 7.80. The zero-order chi connectivity index (χ0) is 23.2. The lowest BCUT2D eigenvalue weighted by atomic mass is 10.1. The summed E-state index contributed by atoms with van der Waals surface area (Å²) >= 11 is 7.17. The molecule has 33 heavy (non-hydrogen) atoms. The Hall–Kier alpha value is -2.49. The molecule has 4 rings (SSSR count). The SMILES string of the molecule is CCOC(=O)c1cc(Cc2ccccc2)sc1NC(=S)N1CCN(C(=O)C2CCCO2)CC1. The minimum absolute atomic E-state index is 0.0828. The van der Waals surface area contributed by atoms with Crippen LogP contribution < -0.4 is 5.32 Å². The largest absolute Gasteiger partial charge is 0.462 e. The molecule has 2 aliphatic heterocycles. The summed E-state index contributed by atoms with van der Waals surface area (Å²) in [6, 6.07) is 12.0. The second-order valence-electron chi connectivity index (χ2n) is 8.08. The number of amides is 1. The number of hydrogen-bond acceptors (Lipinski definition) is 6. The Kier molecular flexibility index (Phi) is 7.95. The van der Waals surface area contributed by atoms with E-state index in [-0.39, 0.29) is 18.0 Å². The van der Waals surface area contributed by atoms with Gasteiger partial charge in [0, 0.05) is 44.1 Å². The number of thiocarbonyl (C=S) groups is 1. The van der Waals surface area contributed by atoms with Gasteiger partial charge in [0.1, 0.15) is 11.1 Å². The zero-order valence-corrected chi connectivity index (χ0v) is 20.4. The van der Waals surface area contributed by atoms with Crippen molar-refractivity contribution in [2.75, 3.05) is 44.7 Å². The molecule has 1 aromatic heterocycles. The number of thiophene rings is 1. The van der Waals surface area contributed by atoms with Crippen molar-refractivity contribution < 1.29 is 19.1 Å². The summed E-state index contributed by atoms with van der Waals surface area (Å²) in [6.45, 7) is 5.27. The van der Waals surface area contributed by atoms with Gasteiger partial charge >= 0.3 is 5.97 Å². The predicted molar refractivity (Wildman–Crippen MR) is 133 cm³/mol. The summed E-state index contributed by atoms with van der Waals surface area (Å²) in [5.41, 5.74) is 1.68. The average Bonchev–Trinajstić information content (AvgIpc) is 3.50. The summed E-state index contributed by atoms with van der Waals surface area (Å²) < 4.78 is 10.8. The van der Waals surface area contributed by atoms with Crippen molar-refractivity contribution in [2.45, 2.75) is 32.3 Å². The highest BCUT2D eigenvalue weighted by atomic mass is 32.1. The van der Waals surface area contributed by atoms with Crippen LogP contribution in [-0.2, 0) is 20.7 Å². The molecule has 0 spiro atoms. The minimum atomic E-state index is -0.356. The van der Waals surface area contributed by atoms with Crippen molar-refractivity contribution in [3.05, 3.63) is 52.4 Å². The molecule has 2 saturated heterocycles. The average molecular weight is 488 g/mol. The van der Waals surface area contributed by atoms with Gasteiger partial charge in [-0.1, -0.05) is 30.3 Å². The fourth-order valence-corrected chi connectivity index (χ4v) is 5.49. The van der Waals surface area contributed by atoms with Gasteiger partial charge in [-0.2, -0.15) is 0 Å². The molecule has 7 nitrogen and oxygen atoms in total. The topological polar surface area (TPSA) is 71.1 Å². The second-order valence-corrected chi connectivity index (χ2v) is 9.61. The highest BCUT2D eigenvalue weighted by Gasteiger charge is 2.31. The molecule has 1 atom stereocenters. The van der Waals surface area contributed by atoms with Crippen LogP contribution in [0.1, 0.15) is 40.6 Å². The summed E-state index contributed by atoms with van der Waals surface area (Å²) in [5, 5.41) is 4.52. The lowest BCUT2D eigenvalue weighted by Crippen LogP contribution is -2.53. The van der Waals surface area contributed by atoms with Gasteiger partial charge in [0.25, 0.3) is 5.91 Å². The van der Waals surface area contributed by atoms with E-state index in [0.717, 1.165) is 24.1 Å². The monoisotopic (exact) mass is 487 g/mol. The van der Waals surface area contributed by atoms with Crippen LogP contribution in [0.3, 0.4) is 0 Å². The van der Waals surface area contributed by atoms with Crippen LogP contribution in [0.5, 0.6) is 0 Å². The number of nitrogens with zero attached hydrogens (tertiary/aromatic N) is 2. The molecule has 0 saturated carbocycles. The smallest absolute Gasteiger partial charge is 0.341 e. The molecule has 1 N–H and O–H groups in total. The van der Waals surface area contributed by atoms with Crippen LogP contribution in [-0.4, -0.2) is 72.3 Å². The fourth-order valence-electron chi connectivity index (χ4n) is 4.06. The van der Waals surface area contributed by atoms with Gasteiger partial charge in [-0.05, 0) is 43.6 Å². The summed E-state index contributed by atoms with van der Waals surface area (Å²) in [7, 11) is 0. The third-order valence-electron chi connectivity index (χ3n) is 5.80. The number of hydrogen-bond donors (Lipinski definition) is 1. The van der Waals surface area contributed by atoms with E-state index in [9.17, 15) is 9.59 Å². The first-order valence-electron chi connectivity index (χ1n) is 11.3. The minimum Gasteiger partial charge on any atom is -0.462 e. The molecule has 0 bridgehead atoms. The van der Waals surface area contributed by atoms with Gasteiger partial charge < -0.3 is 24.6 Å². The van der Waals surface area contributed by atoms with E-state index in [1.54, 1.807) is 6.92 Å². The molecule has 1 amide bonds. The molecule has 176 valence electrons. The standard InChI is InChI=1S/C24H29N3O4S2/c1-2-30-23(29)19-16-18(15-17-7-4-3-5-8-17)33-21(19)25-24(32)27-12-10-26(11-13-27)22(28)20-9-6-14-31-20/h3-5,7-8,16,20H,2,6,9-15H2,1H3,(H,25,32). The third-order valence-corrected chi connectivity index (χ3v) is 7.21. The van der Waals surface area contributed by atoms with E-state index in [1.165, 1.54) is 16.9 Å². The van der Waals surface area contributed by atoms with Crippen LogP contribution in [0.4, 0.5) is 5.00 Å². The first-order chi connectivity index (χ1) is 16.0. The third kappa shape index (κ3) is 5.90. The second kappa shape index (κ2) is 11.1. The fraction of sp³-hybridized carbons (Fsp3) is 0.458. The Morgan fingerprint density at radius 3 is 2.58 bits per heavy atom. The normalized spacial score (nSPS) is 18.3. The first kappa shape index (κ1) is 23.7. The first-order valence-corrected chi connectivity index (χ1v) is 12.6. The molecule has 1 aromatic carbocycles. The van der Waals surface area contributed by atoms with Gasteiger partial charge in [0.2, 0.25) is 0 Å². The molecule has 2 fully saturated rings. The molecular formula is C24H29N3O4S2. The number of piperazine rings is 1. The summed E-state index contributed by atoms with van der Waals surface area (Å²) in [4.78, 5) is 30.1. The number of rotatable bonds is 6. The number of carbonyl (C=O) groups excluding carboxylic acids is 2. The number of anilines is 1. The van der Waals surface area contributed by atoms with Crippen molar-refractivity contribution in [3.8, 4) is 0 Å². The zero-order valence-electron chi connectivity index (χ0n) is 18.7. The Morgan fingerprint density at radius 1 is 1.18 bits per heavy atom. The van der Waals surface area contributed by atoms with Gasteiger partial charge in [-0.15, -0.1) is 11.3 Å². The Bertz CT molecular complexity index is 981. The van der Waals surface area contributed by atoms with Crippen LogP contribution in [0.25, 0.3) is 0 Å². The number of esters is 1. The molecule has 0 aliphatic carbocycles. The van der Waals surface area contributed by atoms with Crippen molar-refractivity contribution >= 4 is 45.5 Å². The predicted octanol–water partition coefficient (Wildman–Crippen LogP) is 3.54. The van der Waals surface area contributed by atoms with Crippen molar-refractivity contribution in [1.82, 2.24) is 9.80 Å². The van der Waals surface area contributed by atoms with Crippen molar-refractivity contribution in [1.29, 1.82) is 0 Å². The number of benzene rings is 1. The highest BCUT2D eigenvalue weighted by Crippen LogP contribution is 2.31. The molecule has 0 radical (unpaired) electrons. The molecule has 2 aromatic rings. The van der Waals surface area contributed by atoms with Crippen LogP contribution >= 0.6 is 23.6 Å². The summed E-state index contributed by atoms with van der Waals surface area (Å²) in [6.07, 6.45) is 2.19. The van der Waals surface area contributed by atoms with Crippen LogP contribution in [0.15, 0.2) is 36.4 Å². The van der Waals surface area contributed by atoms with E-state index >= 15 is 0 Å². The van der Waals surface area contributed by atoms with E-state index in [1.807, 2.05) is 34.1 Å².